The van der Waals surface area contributed by atoms with Gasteiger partial charge in [-0.25, -0.2) is 0 Å². The molecular formula is C4H4MgO6. The van der Waals surface area contributed by atoms with Gasteiger partial charge >= 0.3 is 23.1 Å². The number of rotatable bonds is 3. The molecule has 0 aliphatic heterocycles. The second-order valence-electron chi connectivity index (χ2n) is 1.53. The second kappa shape index (κ2) is 5.30. The Morgan fingerprint density at radius 1 is 1.00 bits per heavy atom. The molecule has 0 radical (unpaired) electrons. The van der Waals surface area contributed by atoms with Gasteiger partial charge in [-0.3, -0.25) is 0 Å². The predicted molar refractivity (Wildman–Crippen MR) is 27.8 cm³/mol. The fourth-order valence-electron chi connectivity index (χ4n) is 0.258. The van der Waals surface area contributed by atoms with Crippen LogP contribution in [0.2, 0.25) is 0 Å². The van der Waals surface area contributed by atoms with E-state index in [1.807, 2.05) is 0 Å². The van der Waals surface area contributed by atoms with Gasteiger partial charge in [0, 0.05) is 0 Å². The zero-order valence-corrected chi connectivity index (χ0v) is 6.80. The van der Waals surface area contributed by atoms with Crippen LogP contribution < -0.4 is 10.2 Å². The van der Waals surface area contributed by atoms with Crippen molar-refractivity contribution in [2.24, 2.45) is 0 Å². The van der Waals surface area contributed by atoms with Gasteiger partial charge in [-0.15, -0.1) is 0 Å². The van der Waals surface area contributed by atoms with E-state index in [2.05, 4.69) is 0 Å². The summed E-state index contributed by atoms with van der Waals surface area (Å²) in [7, 11) is 0. The first kappa shape index (κ1) is 13.2. The van der Waals surface area contributed by atoms with E-state index in [0.717, 1.165) is 0 Å². The zero-order valence-electron chi connectivity index (χ0n) is 5.39. The average molecular weight is 172 g/mol. The molecule has 0 aliphatic carbocycles. The molecular weight excluding hydrogens is 168 g/mol. The van der Waals surface area contributed by atoms with E-state index in [9.17, 15) is 19.8 Å². The number of carboxylic acid groups (broad SMARTS) is 2. The molecule has 0 rings (SSSR count). The Kier molecular flexibility index (Phi) is 6.37. The van der Waals surface area contributed by atoms with Crippen molar-refractivity contribution in [1.29, 1.82) is 0 Å². The van der Waals surface area contributed by atoms with E-state index in [-0.39, 0.29) is 23.1 Å². The summed E-state index contributed by atoms with van der Waals surface area (Å²) in [5, 5.41) is 35.7. The fourth-order valence-corrected chi connectivity index (χ4v) is 0.258. The molecule has 58 valence electrons. The number of aliphatic carboxylic acids is 2. The molecule has 0 aromatic rings. The van der Waals surface area contributed by atoms with Crippen LogP contribution in [-0.2, 0) is 9.59 Å². The van der Waals surface area contributed by atoms with E-state index in [1.54, 1.807) is 0 Å². The number of hydrogen-bond donors (Lipinski definition) is 2. The molecule has 0 saturated carbocycles. The summed E-state index contributed by atoms with van der Waals surface area (Å²) in [6, 6.07) is 0. The van der Waals surface area contributed by atoms with E-state index in [4.69, 9.17) is 10.2 Å². The number of carbonyl (C=O) groups is 2. The third-order valence-corrected chi connectivity index (χ3v) is 0.782. The predicted octanol–water partition coefficient (Wildman–Crippen LogP) is -5.17. The number of carbonyl (C=O) groups excluding carboxylic acids is 2. The van der Waals surface area contributed by atoms with Crippen molar-refractivity contribution in [1.82, 2.24) is 0 Å². The Labute approximate surface area is 77.6 Å². The Hall–Kier alpha value is -0.374. The zero-order chi connectivity index (χ0) is 8.31. The van der Waals surface area contributed by atoms with Crippen LogP contribution in [0.1, 0.15) is 0 Å². The maximum Gasteiger partial charge on any atom is 2.00 e. The van der Waals surface area contributed by atoms with Gasteiger partial charge in [0.15, 0.2) is 0 Å². The molecule has 0 aliphatic rings. The van der Waals surface area contributed by atoms with E-state index < -0.39 is 24.1 Å². The Morgan fingerprint density at radius 3 is 1.27 bits per heavy atom. The van der Waals surface area contributed by atoms with Crippen LogP contribution in [0.5, 0.6) is 0 Å². The van der Waals surface area contributed by atoms with Crippen LogP contribution in [0, 0.1) is 0 Å². The molecule has 0 heterocycles. The first-order valence-electron chi connectivity index (χ1n) is 2.24. The van der Waals surface area contributed by atoms with Crippen LogP contribution in [0.3, 0.4) is 0 Å². The number of hydrogen-bond acceptors (Lipinski definition) is 6. The van der Waals surface area contributed by atoms with Crippen LogP contribution >= 0.6 is 0 Å². The van der Waals surface area contributed by atoms with Crippen LogP contribution in [0.4, 0.5) is 0 Å². The summed E-state index contributed by atoms with van der Waals surface area (Å²) in [6.07, 6.45) is -4.88. The molecule has 0 saturated heterocycles. The molecule has 2 N–H and O–H groups in total. The molecule has 6 nitrogen and oxygen atoms in total. The quantitative estimate of drug-likeness (QED) is 0.411. The van der Waals surface area contributed by atoms with Gasteiger partial charge in [0.05, 0.1) is 11.9 Å². The van der Waals surface area contributed by atoms with E-state index in [0.29, 0.717) is 0 Å². The summed E-state index contributed by atoms with van der Waals surface area (Å²) in [5.41, 5.74) is 0. The monoisotopic (exact) mass is 172 g/mol. The average Bonchev–Trinajstić information content (AvgIpc) is 1.84. The van der Waals surface area contributed by atoms with Gasteiger partial charge in [0.2, 0.25) is 0 Å². The largest absolute Gasteiger partial charge is 2.00 e. The Balaban J connectivity index is 0. The summed E-state index contributed by atoms with van der Waals surface area (Å²) in [4.78, 5) is 19.3. The standard InChI is InChI=1S/C4H6O6.Mg/c5-1(3(7)8)2(6)4(9)10;/h1-2,5-6H,(H,7,8)(H,9,10);/q;+2/p-2/t1-,2+;. The minimum atomic E-state index is -2.44. The smallest absolute Gasteiger partial charge is 0.547 e. The molecule has 0 amide bonds. The third kappa shape index (κ3) is 4.14. The molecule has 2 atom stereocenters. The summed E-state index contributed by atoms with van der Waals surface area (Å²) in [5.74, 6) is -4.12. The minimum Gasteiger partial charge on any atom is -0.547 e. The normalized spacial score (nSPS) is 14.4. The Bertz CT molecular complexity index is 139. The van der Waals surface area contributed by atoms with Crippen molar-refractivity contribution in [2.75, 3.05) is 0 Å². The maximum absolute atomic E-state index is 9.63. The van der Waals surface area contributed by atoms with Gasteiger partial charge < -0.3 is 30.0 Å². The minimum absolute atomic E-state index is 0. The number of carboxylic acids is 2. The van der Waals surface area contributed by atoms with Crippen LogP contribution in [0.15, 0.2) is 0 Å². The topological polar surface area (TPSA) is 121 Å². The van der Waals surface area contributed by atoms with Crippen molar-refractivity contribution in [3.8, 4) is 0 Å². The molecule has 0 bridgehead atoms. The number of aliphatic hydroxyl groups is 2. The summed E-state index contributed by atoms with van der Waals surface area (Å²) >= 11 is 0. The Morgan fingerprint density at radius 2 is 1.18 bits per heavy atom. The van der Waals surface area contributed by atoms with Crippen molar-refractivity contribution in [3.05, 3.63) is 0 Å². The molecule has 11 heavy (non-hydrogen) atoms. The van der Waals surface area contributed by atoms with Gasteiger partial charge in [0.1, 0.15) is 12.2 Å². The van der Waals surface area contributed by atoms with E-state index in [1.165, 1.54) is 0 Å². The molecule has 0 fully saturated rings. The van der Waals surface area contributed by atoms with Crippen molar-refractivity contribution in [2.45, 2.75) is 12.2 Å². The SMILES string of the molecule is O=C([O-])[C@@H](O)[C@@H](O)C(=O)[O-].[Mg+2]. The molecule has 0 aromatic carbocycles. The molecule has 0 spiro atoms. The molecule has 7 heteroatoms. The fraction of sp³-hybridized carbons (Fsp3) is 0.500. The van der Waals surface area contributed by atoms with Crippen LogP contribution in [0.25, 0.3) is 0 Å². The van der Waals surface area contributed by atoms with Gasteiger partial charge in [-0.05, 0) is 0 Å². The molecule has 0 unspecified atom stereocenters. The van der Waals surface area contributed by atoms with Crippen LogP contribution in [-0.4, -0.2) is 57.4 Å². The van der Waals surface area contributed by atoms with Gasteiger partial charge in [0.25, 0.3) is 0 Å². The van der Waals surface area contributed by atoms with Crippen molar-refractivity contribution >= 4 is 35.0 Å². The summed E-state index contributed by atoms with van der Waals surface area (Å²) < 4.78 is 0. The molecule has 0 aromatic heterocycles. The van der Waals surface area contributed by atoms with Crippen molar-refractivity contribution < 1.29 is 30.0 Å². The third-order valence-electron chi connectivity index (χ3n) is 0.782. The first-order chi connectivity index (χ1) is 4.46. The maximum atomic E-state index is 9.63. The van der Waals surface area contributed by atoms with Gasteiger partial charge in [-0.2, -0.15) is 0 Å². The second-order valence-corrected chi connectivity index (χ2v) is 1.53. The van der Waals surface area contributed by atoms with Gasteiger partial charge in [-0.1, -0.05) is 0 Å². The first-order valence-corrected chi connectivity index (χ1v) is 2.24. The van der Waals surface area contributed by atoms with E-state index >= 15 is 0 Å². The summed E-state index contributed by atoms with van der Waals surface area (Å²) in [6.45, 7) is 0. The number of aliphatic hydroxyl groups excluding tert-OH is 2. The van der Waals surface area contributed by atoms with Crippen molar-refractivity contribution in [3.63, 3.8) is 0 Å².